The molecule has 0 heterocycles. The molecule has 226 valence electrons. The number of benzene rings is 3. The van der Waals surface area contributed by atoms with Gasteiger partial charge in [-0.05, 0) is 80.1 Å². The van der Waals surface area contributed by atoms with Crippen LogP contribution < -0.4 is 14.4 Å². The van der Waals surface area contributed by atoms with Gasteiger partial charge in [-0.1, -0.05) is 62.7 Å². The maximum absolute atomic E-state index is 14.3. The molecule has 0 aliphatic rings. The summed E-state index contributed by atoms with van der Waals surface area (Å²) in [5, 5.41) is 2.95. The van der Waals surface area contributed by atoms with Gasteiger partial charge in [-0.3, -0.25) is 13.9 Å². The number of aryl methyl sites for hydroxylation is 2. The molecule has 1 N–H and O–H groups in total. The quantitative estimate of drug-likeness (QED) is 0.287. The van der Waals surface area contributed by atoms with Crippen LogP contribution in [0.5, 0.6) is 5.75 Å². The van der Waals surface area contributed by atoms with E-state index in [0.717, 1.165) is 22.3 Å². The lowest BCUT2D eigenvalue weighted by atomic mass is 10.1. The summed E-state index contributed by atoms with van der Waals surface area (Å²) in [6.45, 7) is 11.6. The number of nitrogens with zero attached hydrogens (tertiary/aromatic N) is 2. The second kappa shape index (κ2) is 14.4. The van der Waals surface area contributed by atoms with Gasteiger partial charge in [0.2, 0.25) is 11.8 Å². The number of hydrogen-bond donors (Lipinski definition) is 1. The fourth-order valence-corrected chi connectivity index (χ4v) is 6.14. The lowest BCUT2D eigenvalue weighted by molar-refractivity contribution is -0.140. The first kappa shape index (κ1) is 32.7. The molecule has 0 saturated carbocycles. The Hall–Kier alpha value is -3.85. The number of carbonyl (C=O) groups is 2. The molecule has 3 aromatic carbocycles. The molecule has 2 amide bonds. The molecule has 42 heavy (non-hydrogen) atoms. The molecule has 0 saturated heterocycles. The molecule has 0 aromatic heterocycles. The van der Waals surface area contributed by atoms with Crippen molar-refractivity contribution in [2.75, 3.05) is 24.5 Å². The van der Waals surface area contributed by atoms with Crippen molar-refractivity contribution in [3.63, 3.8) is 0 Å². The van der Waals surface area contributed by atoms with Crippen molar-refractivity contribution >= 4 is 27.5 Å². The first-order valence-electron chi connectivity index (χ1n) is 14.2. The molecular formula is C33H43N3O5S. The van der Waals surface area contributed by atoms with Gasteiger partial charge in [0.1, 0.15) is 18.3 Å². The van der Waals surface area contributed by atoms with Crippen LogP contribution >= 0.6 is 0 Å². The van der Waals surface area contributed by atoms with Gasteiger partial charge in [0.05, 0.1) is 17.7 Å². The predicted octanol–water partition coefficient (Wildman–Crippen LogP) is 5.40. The Morgan fingerprint density at radius 2 is 1.62 bits per heavy atom. The lowest BCUT2D eigenvalue weighted by Gasteiger charge is -2.34. The second-order valence-corrected chi connectivity index (χ2v) is 12.8. The van der Waals surface area contributed by atoms with Gasteiger partial charge < -0.3 is 15.0 Å². The van der Waals surface area contributed by atoms with E-state index in [-0.39, 0.29) is 23.3 Å². The average molecular weight is 594 g/mol. The molecule has 1 unspecified atom stereocenters. The molecule has 9 heteroatoms. The average Bonchev–Trinajstić information content (AvgIpc) is 2.96. The summed E-state index contributed by atoms with van der Waals surface area (Å²) in [4.78, 5) is 29.2. The van der Waals surface area contributed by atoms with Crippen LogP contribution in [0.4, 0.5) is 5.69 Å². The van der Waals surface area contributed by atoms with Crippen molar-refractivity contribution < 1.29 is 22.7 Å². The number of ether oxygens (including phenoxy) is 1. The maximum atomic E-state index is 14.3. The lowest BCUT2D eigenvalue weighted by Crippen LogP contribution is -2.52. The third kappa shape index (κ3) is 7.91. The van der Waals surface area contributed by atoms with E-state index in [0.29, 0.717) is 24.4 Å². The standard InChI is InChI=1S/C33H43N3O5S/c1-8-30(33(38)34-20-23(2)3)35(21-27-12-10-13-28(19-27)41-7)32(37)22-36(31-14-9-11-25(5)26(31)6)42(39,40)29-17-15-24(4)16-18-29/h9-19,23,30H,8,20-22H2,1-7H3,(H,34,38). The van der Waals surface area contributed by atoms with Crippen LogP contribution in [0.3, 0.4) is 0 Å². The van der Waals surface area contributed by atoms with E-state index in [2.05, 4.69) is 5.32 Å². The molecule has 0 radical (unpaired) electrons. The van der Waals surface area contributed by atoms with E-state index in [1.165, 1.54) is 9.21 Å². The molecule has 0 fully saturated rings. The van der Waals surface area contributed by atoms with Crippen LogP contribution in [-0.2, 0) is 26.2 Å². The van der Waals surface area contributed by atoms with Gasteiger partial charge in [-0.25, -0.2) is 8.42 Å². The first-order chi connectivity index (χ1) is 19.9. The number of amides is 2. The minimum absolute atomic E-state index is 0.0860. The summed E-state index contributed by atoms with van der Waals surface area (Å²) in [5.41, 5.74) is 3.75. The number of carbonyl (C=O) groups excluding carboxylic acids is 2. The zero-order valence-corrected chi connectivity index (χ0v) is 26.5. The Kier molecular flexibility index (Phi) is 11.2. The SMILES string of the molecule is CCC(C(=O)NCC(C)C)N(Cc1cccc(OC)c1)C(=O)CN(c1cccc(C)c1C)S(=O)(=O)c1ccc(C)cc1. The van der Waals surface area contributed by atoms with E-state index in [1.807, 2.05) is 65.8 Å². The molecule has 0 bridgehead atoms. The molecule has 1 atom stereocenters. The molecule has 3 rings (SSSR count). The first-order valence-corrected chi connectivity index (χ1v) is 15.7. The minimum Gasteiger partial charge on any atom is -0.497 e. The van der Waals surface area contributed by atoms with E-state index < -0.39 is 28.5 Å². The van der Waals surface area contributed by atoms with E-state index in [9.17, 15) is 18.0 Å². The highest BCUT2D eigenvalue weighted by molar-refractivity contribution is 7.92. The highest BCUT2D eigenvalue weighted by Crippen LogP contribution is 2.29. The zero-order chi connectivity index (χ0) is 31.0. The topological polar surface area (TPSA) is 96.0 Å². The highest BCUT2D eigenvalue weighted by Gasteiger charge is 2.34. The Labute approximate surface area is 250 Å². The van der Waals surface area contributed by atoms with Gasteiger partial charge in [-0.15, -0.1) is 0 Å². The largest absolute Gasteiger partial charge is 0.497 e. The van der Waals surface area contributed by atoms with Crippen molar-refractivity contribution in [3.05, 3.63) is 89.0 Å². The highest BCUT2D eigenvalue weighted by atomic mass is 32.2. The smallest absolute Gasteiger partial charge is 0.264 e. The Morgan fingerprint density at radius 3 is 2.24 bits per heavy atom. The summed E-state index contributed by atoms with van der Waals surface area (Å²) in [5.74, 6) is 0.0904. The van der Waals surface area contributed by atoms with Crippen molar-refractivity contribution in [1.82, 2.24) is 10.2 Å². The van der Waals surface area contributed by atoms with Crippen LogP contribution in [0.25, 0.3) is 0 Å². The second-order valence-electron chi connectivity index (χ2n) is 11.0. The van der Waals surface area contributed by atoms with Gasteiger partial charge in [0.15, 0.2) is 0 Å². The Morgan fingerprint density at radius 1 is 0.952 bits per heavy atom. The number of sulfonamides is 1. The minimum atomic E-state index is -4.13. The summed E-state index contributed by atoms with van der Waals surface area (Å²) in [6.07, 6.45) is 0.355. The van der Waals surface area contributed by atoms with Crippen LogP contribution in [-0.4, -0.2) is 51.4 Å². The van der Waals surface area contributed by atoms with Crippen LogP contribution in [0.1, 0.15) is 49.4 Å². The summed E-state index contributed by atoms with van der Waals surface area (Å²) < 4.78 is 34.8. The van der Waals surface area contributed by atoms with Crippen LogP contribution in [0.2, 0.25) is 0 Å². The van der Waals surface area contributed by atoms with Crippen molar-refractivity contribution in [3.8, 4) is 5.75 Å². The number of nitrogens with one attached hydrogen (secondary N) is 1. The Bertz CT molecular complexity index is 1490. The number of anilines is 1. The van der Waals surface area contributed by atoms with Gasteiger partial charge in [-0.2, -0.15) is 0 Å². The summed E-state index contributed by atoms with van der Waals surface area (Å²) >= 11 is 0. The fraction of sp³-hybridized carbons (Fsp3) is 0.394. The molecule has 8 nitrogen and oxygen atoms in total. The third-order valence-electron chi connectivity index (χ3n) is 7.29. The van der Waals surface area contributed by atoms with Gasteiger partial charge in [0, 0.05) is 13.1 Å². The molecule has 3 aromatic rings. The third-order valence-corrected chi connectivity index (χ3v) is 9.06. The summed E-state index contributed by atoms with van der Waals surface area (Å²) in [6, 6.07) is 18.4. The molecule has 0 spiro atoms. The fourth-order valence-electron chi connectivity index (χ4n) is 4.67. The Balaban J connectivity index is 2.10. The maximum Gasteiger partial charge on any atom is 0.264 e. The number of rotatable bonds is 13. The predicted molar refractivity (Wildman–Crippen MR) is 167 cm³/mol. The van der Waals surface area contributed by atoms with Crippen molar-refractivity contribution in [1.29, 1.82) is 0 Å². The monoisotopic (exact) mass is 593 g/mol. The van der Waals surface area contributed by atoms with E-state index in [1.54, 1.807) is 49.6 Å². The zero-order valence-electron chi connectivity index (χ0n) is 25.7. The molecule has 0 aliphatic heterocycles. The van der Waals surface area contributed by atoms with Crippen molar-refractivity contribution in [2.24, 2.45) is 5.92 Å². The van der Waals surface area contributed by atoms with Gasteiger partial charge >= 0.3 is 0 Å². The summed E-state index contributed by atoms with van der Waals surface area (Å²) in [7, 11) is -2.57. The van der Waals surface area contributed by atoms with Crippen molar-refractivity contribution in [2.45, 2.75) is 65.4 Å². The molecule has 0 aliphatic carbocycles. The number of methoxy groups -OCH3 is 1. The van der Waals surface area contributed by atoms with Crippen LogP contribution in [0.15, 0.2) is 71.6 Å². The van der Waals surface area contributed by atoms with E-state index >= 15 is 0 Å². The molecular weight excluding hydrogens is 550 g/mol. The van der Waals surface area contributed by atoms with E-state index in [4.69, 9.17) is 4.74 Å². The normalized spacial score (nSPS) is 12.1. The number of hydrogen-bond acceptors (Lipinski definition) is 5. The van der Waals surface area contributed by atoms with Gasteiger partial charge in [0.25, 0.3) is 10.0 Å². The van der Waals surface area contributed by atoms with Crippen LogP contribution in [0, 0.1) is 26.7 Å².